The van der Waals surface area contributed by atoms with Crippen LogP contribution in [0.25, 0.3) is 0 Å². The fraction of sp³-hybridized carbons (Fsp3) is 0.562. The lowest BCUT2D eigenvalue weighted by Gasteiger charge is -2.23. The second-order valence-electron chi connectivity index (χ2n) is 6.37. The van der Waals surface area contributed by atoms with Gasteiger partial charge in [-0.3, -0.25) is 4.79 Å². The van der Waals surface area contributed by atoms with Gasteiger partial charge in [0, 0.05) is 26.2 Å². The van der Waals surface area contributed by atoms with Gasteiger partial charge < -0.3 is 16.0 Å². The van der Waals surface area contributed by atoms with Crippen molar-refractivity contribution in [2.24, 2.45) is 5.41 Å². The average Bonchev–Trinajstić information content (AvgIpc) is 2.83. The summed E-state index contributed by atoms with van der Waals surface area (Å²) in [6.45, 7) is 3.00. The molecule has 0 saturated heterocycles. The van der Waals surface area contributed by atoms with Crippen LogP contribution in [0.3, 0.4) is 0 Å². The molecule has 3 N–H and O–H groups in total. The quantitative estimate of drug-likeness (QED) is 0.831. The van der Waals surface area contributed by atoms with E-state index in [4.69, 9.17) is 5.73 Å². The van der Waals surface area contributed by atoms with E-state index in [1.807, 2.05) is 31.1 Å². The molecule has 0 aliphatic heterocycles. The fourth-order valence-corrected chi connectivity index (χ4v) is 2.90. The van der Waals surface area contributed by atoms with Gasteiger partial charge in [-0.25, -0.2) is 0 Å². The Bertz CT molecular complexity index is 490. The summed E-state index contributed by atoms with van der Waals surface area (Å²) in [4.78, 5) is 14.1. The highest BCUT2D eigenvalue weighted by atomic mass is 16.1. The number of nitrogens with two attached hydrogens (primary N) is 1. The molecule has 1 saturated carbocycles. The van der Waals surface area contributed by atoms with Crippen LogP contribution < -0.4 is 16.0 Å². The summed E-state index contributed by atoms with van der Waals surface area (Å²) in [5, 5.41) is 3.05. The van der Waals surface area contributed by atoms with Crippen LogP contribution in [0.15, 0.2) is 18.2 Å². The molecule has 4 nitrogen and oxygen atoms in total. The number of hydrogen-bond donors (Lipinski definition) is 2. The summed E-state index contributed by atoms with van der Waals surface area (Å²) in [7, 11) is 3.87. The highest BCUT2D eigenvalue weighted by Gasteiger charge is 2.28. The third kappa shape index (κ3) is 3.24. The zero-order valence-electron chi connectivity index (χ0n) is 12.7. The van der Waals surface area contributed by atoms with Crippen LogP contribution in [-0.2, 0) is 0 Å². The van der Waals surface area contributed by atoms with E-state index in [2.05, 4.69) is 12.2 Å². The molecule has 1 aromatic carbocycles. The first-order chi connectivity index (χ1) is 9.41. The lowest BCUT2D eigenvalue weighted by atomic mass is 9.89. The number of nitrogens with one attached hydrogen (secondary N) is 1. The second-order valence-corrected chi connectivity index (χ2v) is 6.37. The Balaban J connectivity index is 2.00. The summed E-state index contributed by atoms with van der Waals surface area (Å²) in [6.07, 6.45) is 4.96. The molecule has 0 aromatic heterocycles. The molecule has 1 aromatic rings. The van der Waals surface area contributed by atoms with Crippen molar-refractivity contribution in [2.75, 3.05) is 31.3 Å². The monoisotopic (exact) mass is 275 g/mol. The van der Waals surface area contributed by atoms with Crippen LogP contribution in [0.2, 0.25) is 0 Å². The maximum atomic E-state index is 12.2. The lowest BCUT2D eigenvalue weighted by Crippen LogP contribution is -2.34. The summed E-state index contributed by atoms with van der Waals surface area (Å²) >= 11 is 0. The molecule has 20 heavy (non-hydrogen) atoms. The Morgan fingerprint density at radius 1 is 1.35 bits per heavy atom. The van der Waals surface area contributed by atoms with Gasteiger partial charge in [-0.1, -0.05) is 19.8 Å². The predicted octanol–water partition coefficient (Wildman–Crippen LogP) is 2.64. The minimum Gasteiger partial charge on any atom is -0.397 e. The van der Waals surface area contributed by atoms with Crippen molar-refractivity contribution in [2.45, 2.75) is 32.6 Å². The first-order valence-corrected chi connectivity index (χ1v) is 7.26. The van der Waals surface area contributed by atoms with Crippen molar-refractivity contribution < 1.29 is 4.79 Å². The molecule has 1 aliphatic rings. The van der Waals surface area contributed by atoms with Crippen LogP contribution >= 0.6 is 0 Å². The molecule has 4 heteroatoms. The number of anilines is 2. The third-order valence-corrected chi connectivity index (χ3v) is 4.26. The van der Waals surface area contributed by atoms with Gasteiger partial charge in [0.15, 0.2) is 0 Å². The number of hydrogen-bond acceptors (Lipinski definition) is 3. The SMILES string of the molecule is CN(C)c1ccc(C(=O)NCC2(C)CCCC2)cc1N. The fourth-order valence-electron chi connectivity index (χ4n) is 2.90. The van der Waals surface area contributed by atoms with Crippen LogP contribution in [0.4, 0.5) is 11.4 Å². The molecule has 0 bridgehead atoms. The molecule has 0 heterocycles. The topological polar surface area (TPSA) is 58.4 Å². The van der Waals surface area contributed by atoms with E-state index in [-0.39, 0.29) is 11.3 Å². The Labute approximate surface area is 121 Å². The summed E-state index contributed by atoms with van der Waals surface area (Å²) in [6, 6.07) is 5.47. The first kappa shape index (κ1) is 14.7. The maximum Gasteiger partial charge on any atom is 0.251 e. The average molecular weight is 275 g/mol. The van der Waals surface area contributed by atoms with Gasteiger partial charge in [-0.15, -0.1) is 0 Å². The number of benzene rings is 1. The van der Waals surface area contributed by atoms with Gasteiger partial charge in [-0.05, 0) is 36.5 Å². The van der Waals surface area contributed by atoms with Gasteiger partial charge in [-0.2, -0.15) is 0 Å². The van der Waals surface area contributed by atoms with Crippen LogP contribution in [-0.4, -0.2) is 26.5 Å². The van der Waals surface area contributed by atoms with Crippen LogP contribution in [0.1, 0.15) is 43.0 Å². The maximum absolute atomic E-state index is 12.2. The molecule has 110 valence electrons. The molecule has 2 rings (SSSR count). The molecule has 0 spiro atoms. The third-order valence-electron chi connectivity index (χ3n) is 4.26. The van der Waals surface area contributed by atoms with Gasteiger partial charge in [0.05, 0.1) is 11.4 Å². The summed E-state index contributed by atoms with van der Waals surface area (Å²) in [5.74, 6) is -0.0323. The van der Waals surface area contributed by atoms with Crippen LogP contribution in [0.5, 0.6) is 0 Å². The Hall–Kier alpha value is -1.71. The molecular weight excluding hydrogens is 250 g/mol. The van der Waals surface area contributed by atoms with E-state index in [1.54, 1.807) is 6.07 Å². The predicted molar refractivity (Wildman–Crippen MR) is 84.1 cm³/mol. The van der Waals surface area contributed by atoms with Crippen molar-refractivity contribution in [1.29, 1.82) is 0 Å². The highest BCUT2D eigenvalue weighted by molar-refractivity contribution is 5.96. The number of rotatable bonds is 4. The first-order valence-electron chi connectivity index (χ1n) is 7.26. The normalized spacial score (nSPS) is 16.9. The van der Waals surface area contributed by atoms with Crippen molar-refractivity contribution in [3.63, 3.8) is 0 Å². The zero-order valence-corrected chi connectivity index (χ0v) is 12.7. The number of carbonyl (C=O) groups excluding carboxylic acids is 1. The minimum atomic E-state index is -0.0323. The van der Waals surface area contributed by atoms with Crippen molar-refractivity contribution in [3.8, 4) is 0 Å². The van der Waals surface area contributed by atoms with Gasteiger partial charge >= 0.3 is 0 Å². The number of nitrogens with zero attached hydrogens (tertiary/aromatic N) is 1. The summed E-state index contributed by atoms with van der Waals surface area (Å²) in [5.41, 5.74) is 8.45. The summed E-state index contributed by atoms with van der Waals surface area (Å²) < 4.78 is 0. The minimum absolute atomic E-state index is 0.0323. The van der Waals surface area contributed by atoms with Crippen molar-refractivity contribution in [1.82, 2.24) is 5.32 Å². The molecule has 1 aliphatic carbocycles. The molecule has 0 atom stereocenters. The lowest BCUT2D eigenvalue weighted by molar-refractivity contribution is 0.0934. The molecule has 1 fully saturated rings. The smallest absolute Gasteiger partial charge is 0.251 e. The van der Waals surface area contributed by atoms with Crippen LogP contribution in [0, 0.1) is 5.41 Å². The van der Waals surface area contributed by atoms with E-state index in [1.165, 1.54) is 25.7 Å². The molecule has 0 radical (unpaired) electrons. The molecule has 1 amide bonds. The van der Waals surface area contributed by atoms with E-state index in [0.29, 0.717) is 11.3 Å². The Morgan fingerprint density at radius 3 is 2.55 bits per heavy atom. The van der Waals surface area contributed by atoms with Crippen molar-refractivity contribution in [3.05, 3.63) is 23.8 Å². The van der Waals surface area contributed by atoms with E-state index < -0.39 is 0 Å². The number of amides is 1. The Morgan fingerprint density at radius 2 is 2.00 bits per heavy atom. The largest absolute Gasteiger partial charge is 0.397 e. The highest BCUT2D eigenvalue weighted by Crippen LogP contribution is 2.36. The van der Waals surface area contributed by atoms with Gasteiger partial charge in [0.2, 0.25) is 0 Å². The number of carbonyl (C=O) groups is 1. The molecule has 0 unspecified atom stereocenters. The standard InChI is InChI=1S/C16H25N3O/c1-16(8-4-5-9-16)11-18-15(20)12-6-7-14(19(2)3)13(17)10-12/h6-7,10H,4-5,8-9,11,17H2,1-3H3,(H,18,20). The van der Waals surface area contributed by atoms with E-state index in [9.17, 15) is 4.79 Å². The van der Waals surface area contributed by atoms with E-state index >= 15 is 0 Å². The number of nitrogen functional groups attached to an aromatic ring is 1. The Kier molecular flexibility index (Phi) is 4.21. The van der Waals surface area contributed by atoms with E-state index in [0.717, 1.165) is 12.2 Å². The zero-order chi connectivity index (χ0) is 14.8. The molecular formula is C16H25N3O. The van der Waals surface area contributed by atoms with Crippen molar-refractivity contribution >= 4 is 17.3 Å². The van der Waals surface area contributed by atoms with Gasteiger partial charge in [0.25, 0.3) is 5.91 Å². The van der Waals surface area contributed by atoms with Gasteiger partial charge in [0.1, 0.15) is 0 Å². The second kappa shape index (κ2) is 5.73.